The van der Waals surface area contributed by atoms with Gasteiger partial charge in [0.25, 0.3) is 0 Å². The van der Waals surface area contributed by atoms with E-state index < -0.39 is 0 Å². The number of benzene rings is 2. The van der Waals surface area contributed by atoms with E-state index in [0.717, 1.165) is 23.1 Å². The second kappa shape index (κ2) is 6.62. The van der Waals surface area contributed by atoms with Crippen molar-refractivity contribution in [3.05, 3.63) is 76.1 Å². The van der Waals surface area contributed by atoms with E-state index in [4.69, 9.17) is 0 Å². The molecule has 2 aromatic carbocycles. The first-order valence-corrected chi connectivity index (χ1v) is 7.82. The zero-order valence-corrected chi connectivity index (χ0v) is 14.0. The maximum atomic E-state index is 11.3. The molecule has 0 atom stereocenters. The molecule has 0 radical (unpaired) electrons. The molecule has 3 rings (SSSR count). The van der Waals surface area contributed by atoms with E-state index in [1.165, 1.54) is 11.1 Å². The minimum absolute atomic E-state index is 0.333. The molecular weight excluding hydrogens is 298 g/mol. The highest BCUT2D eigenvalue weighted by molar-refractivity contribution is 5.82. The van der Waals surface area contributed by atoms with Crippen molar-refractivity contribution in [3.8, 4) is 5.69 Å². The number of aryl methyl sites for hydroxylation is 2. The van der Waals surface area contributed by atoms with Crippen LogP contribution in [-0.2, 0) is 0 Å². The third-order valence-corrected chi connectivity index (χ3v) is 4.16. The van der Waals surface area contributed by atoms with Crippen LogP contribution in [0.1, 0.15) is 38.4 Å². The summed E-state index contributed by atoms with van der Waals surface area (Å²) in [5.74, 6) is 0. The van der Waals surface area contributed by atoms with E-state index in [1.54, 1.807) is 4.68 Å². The summed E-state index contributed by atoms with van der Waals surface area (Å²) >= 11 is 0. The van der Waals surface area contributed by atoms with Gasteiger partial charge in [-0.15, -0.1) is 5.10 Å². The van der Waals surface area contributed by atoms with Crippen LogP contribution in [0.2, 0.25) is 0 Å². The molecule has 24 heavy (non-hydrogen) atoms. The molecule has 3 aromatic rings. The predicted molar refractivity (Wildman–Crippen MR) is 96.3 cm³/mol. The Kier molecular flexibility index (Phi) is 4.38. The lowest BCUT2D eigenvalue weighted by molar-refractivity contribution is 0.111. The quantitative estimate of drug-likeness (QED) is 0.678. The fourth-order valence-corrected chi connectivity index (χ4v) is 2.54. The first kappa shape index (κ1) is 15.9. The SMILES string of the molecule is Cc1ccc(/C=C/c2c(C=O)nnn2-c2cccc(C)c2C)cc1. The average Bonchev–Trinajstić information content (AvgIpc) is 2.99. The molecule has 1 heterocycles. The number of aldehydes is 1. The van der Waals surface area contributed by atoms with Gasteiger partial charge >= 0.3 is 0 Å². The van der Waals surface area contributed by atoms with Gasteiger partial charge in [-0.25, -0.2) is 4.68 Å². The van der Waals surface area contributed by atoms with Gasteiger partial charge in [0, 0.05) is 0 Å². The molecule has 0 fully saturated rings. The number of hydrogen-bond acceptors (Lipinski definition) is 3. The lowest BCUT2D eigenvalue weighted by atomic mass is 10.1. The van der Waals surface area contributed by atoms with Crippen LogP contribution in [0, 0.1) is 20.8 Å². The Balaban J connectivity index is 2.07. The van der Waals surface area contributed by atoms with E-state index >= 15 is 0 Å². The molecular formula is C20H19N3O. The second-order valence-corrected chi connectivity index (χ2v) is 5.85. The molecule has 4 heteroatoms. The average molecular weight is 317 g/mol. The molecule has 4 nitrogen and oxygen atoms in total. The van der Waals surface area contributed by atoms with Crippen molar-refractivity contribution in [3.63, 3.8) is 0 Å². The highest BCUT2D eigenvalue weighted by Crippen LogP contribution is 2.20. The standard InChI is InChI=1S/C20H19N3O/c1-14-7-9-17(10-8-14)11-12-20-18(13-24)21-22-23(20)19-6-4-5-15(2)16(19)3/h4-13H,1-3H3/b12-11+. The summed E-state index contributed by atoms with van der Waals surface area (Å²) in [5, 5.41) is 8.17. The molecule has 0 aliphatic rings. The van der Waals surface area contributed by atoms with Crippen LogP contribution in [0.15, 0.2) is 42.5 Å². The Labute approximate surface area is 141 Å². The van der Waals surface area contributed by atoms with E-state index in [1.807, 2.05) is 43.3 Å². The summed E-state index contributed by atoms with van der Waals surface area (Å²) in [6.07, 6.45) is 4.59. The Morgan fingerprint density at radius 1 is 0.958 bits per heavy atom. The summed E-state index contributed by atoms with van der Waals surface area (Å²) in [5.41, 5.74) is 6.50. The fraction of sp³-hybridized carbons (Fsp3) is 0.150. The third kappa shape index (κ3) is 3.04. The van der Waals surface area contributed by atoms with Gasteiger partial charge in [0.05, 0.1) is 11.4 Å². The van der Waals surface area contributed by atoms with Crippen LogP contribution >= 0.6 is 0 Å². The number of hydrogen-bond donors (Lipinski definition) is 0. The van der Waals surface area contributed by atoms with Crippen LogP contribution in [0.3, 0.4) is 0 Å². The molecule has 0 bridgehead atoms. The van der Waals surface area contributed by atoms with Crippen molar-refractivity contribution in [1.29, 1.82) is 0 Å². The summed E-state index contributed by atoms with van der Waals surface area (Å²) in [6, 6.07) is 14.2. The minimum atomic E-state index is 0.333. The van der Waals surface area contributed by atoms with Gasteiger partial charge in [-0.1, -0.05) is 53.3 Å². The van der Waals surface area contributed by atoms with E-state index in [-0.39, 0.29) is 0 Å². The number of nitrogens with zero attached hydrogens (tertiary/aromatic N) is 3. The lowest BCUT2D eigenvalue weighted by Crippen LogP contribution is -2.03. The van der Waals surface area contributed by atoms with Crippen molar-refractivity contribution >= 4 is 18.4 Å². The lowest BCUT2D eigenvalue weighted by Gasteiger charge is -2.09. The van der Waals surface area contributed by atoms with E-state index in [9.17, 15) is 4.79 Å². The van der Waals surface area contributed by atoms with Crippen molar-refractivity contribution in [2.45, 2.75) is 20.8 Å². The van der Waals surface area contributed by atoms with Crippen molar-refractivity contribution in [1.82, 2.24) is 15.0 Å². The molecule has 0 saturated carbocycles. The predicted octanol–water partition coefficient (Wildman–Crippen LogP) is 4.18. The molecule has 0 saturated heterocycles. The second-order valence-electron chi connectivity index (χ2n) is 5.85. The van der Waals surface area contributed by atoms with Gasteiger partial charge < -0.3 is 0 Å². The molecule has 0 amide bonds. The summed E-state index contributed by atoms with van der Waals surface area (Å²) < 4.78 is 1.72. The zero-order chi connectivity index (χ0) is 17.1. The Bertz CT molecular complexity index is 905. The van der Waals surface area contributed by atoms with Gasteiger partial charge in [-0.05, 0) is 49.6 Å². The molecule has 0 unspecified atom stereocenters. The molecule has 0 N–H and O–H groups in total. The maximum Gasteiger partial charge on any atom is 0.172 e. The zero-order valence-electron chi connectivity index (χ0n) is 14.0. The topological polar surface area (TPSA) is 47.8 Å². The van der Waals surface area contributed by atoms with Crippen molar-refractivity contribution in [2.24, 2.45) is 0 Å². The largest absolute Gasteiger partial charge is 0.296 e. The molecule has 0 aliphatic heterocycles. The monoisotopic (exact) mass is 317 g/mol. The highest BCUT2D eigenvalue weighted by atomic mass is 16.1. The van der Waals surface area contributed by atoms with E-state index in [2.05, 4.69) is 42.4 Å². The Morgan fingerprint density at radius 2 is 1.71 bits per heavy atom. The van der Waals surface area contributed by atoms with Crippen LogP contribution in [0.25, 0.3) is 17.8 Å². The van der Waals surface area contributed by atoms with Gasteiger partial charge in [0.1, 0.15) is 0 Å². The molecule has 0 spiro atoms. The van der Waals surface area contributed by atoms with Crippen LogP contribution < -0.4 is 0 Å². The maximum absolute atomic E-state index is 11.3. The summed E-state index contributed by atoms with van der Waals surface area (Å²) in [7, 11) is 0. The minimum Gasteiger partial charge on any atom is -0.296 e. The first-order chi connectivity index (χ1) is 11.6. The smallest absolute Gasteiger partial charge is 0.172 e. The summed E-state index contributed by atoms with van der Waals surface area (Å²) in [6.45, 7) is 6.15. The van der Waals surface area contributed by atoms with Gasteiger partial charge in [0.15, 0.2) is 12.0 Å². The Morgan fingerprint density at radius 3 is 2.42 bits per heavy atom. The van der Waals surface area contributed by atoms with Crippen LogP contribution in [0.5, 0.6) is 0 Å². The highest BCUT2D eigenvalue weighted by Gasteiger charge is 2.13. The van der Waals surface area contributed by atoms with Crippen molar-refractivity contribution in [2.75, 3.05) is 0 Å². The fourth-order valence-electron chi connectivity index (χ4n) is 2.54. The normalized spacial score (nSPS) is 11.1. The Hall–Kier alpha value is -3.01. The number of aromatic nitrogens is 3. The first-order valence-electron chi connectivity index (χ1n) is 7.82. The van der Waals surface area contributed by atoms with Gasteiger partial charge in [-0.2, -0.15) is 0 Å². The van der Waals surface area contributed by atoms with Crippen molar-refractivity contribution < 1.29 is 4.79 Å². The summed E-state index contributed by atoms with van der Waals surface area (Å²) in [4.78, 5) is 11.3. The van der Waals surface area contributed by atoms with E-state index in [0.29, 0.717) is 11.4 Å². The third-order valence-electron chi connectivity index (χ3n) is 4.16. The number of carbonyl (C=O) groups is 1. The molecule has 0 aliphatic carbocycles. The molecule has 1 aromatic heterocycles. The van der Waals surface area contributed by atoms with Crippen LogP contribution in [-0.4, -0.2) is 21.3 Å². The van der Waals surface area contributed by atoms with Crippen LogP contribution in [0.4, 0.5) is 0 Å². The van der Waals surface area contributed by atoms with Gasteiger partial charge in [-0.3, -0.25) is 4.79 Å². The number of rotatable bonds is 4. The van der Waals surface area contributed by atoms with Gasteiger partial charge in [0.2, 0.25) is 0 Å². The number of carbonyl (C=O) groups excluding carboxylic acids is 1. The molecule has 120 valence electrons.